The van der Waals surface area contributed by atoms with Gasteiger partial charge in [-0.25, -0.2) is 0 Å². The van der Waals surface area contributed by atoms with Crippen molar-refractivity contribution < 1.29 is 9.21 Å². The van der Waals surface area contributed by atoms with Gasteiger partial charge in [0.1, 0.15) is 0 Å². The molecule has 1 heterocycles. The smallest absolute Gasteiger partial charge is 0.322 e. The van der Waals surface area contributed by atoms with Crippen molar-refractivity contribution in [3.63, 3.8) is 0 Å². The topological polar surface area (TPSA) is 94.0 Å². The fourth-order valence-corrected chi connectivity index (χ4v) is 1.67. The second-order valence-corrected chi connectivity index (χ2v) is 4.06. The number of nitrogens with two attached hydrogens (primary N) is 1. The molecule has 3 N–H and O–H groups in total. The minimum absolute atomic E-state index is 0.0744. The molecular weight excluding hydrogens is 256 g/mol. The third-order valence-corrected chi connectivity index (χ3v) is 2.65. The Labute approximate surface area is 116 Å². The van der Waals surface area contributed by atoms with Crippen LogP contribution < -0.4 is 11.1 Å². The van der Waals surface area contributed by atoms with Crippen molar-refractivity contribution in [2.75, 3.05) is 11.9 Å². The van der Waals surface area contributed by atoms with Gasteiger partial charge in [-0.15, -0.1) is 5.10 Å². The highest BCUT2D eigenvalue weighted by Crippen LogP contribution is 2.15. The minimum Gasteiger partial charge on any atom is -0.408 e. The molecule has 6 nitrogen and oxygen atoms in total. The van der Waals surface area contributed by atoms with Gasteiger partial charge >= 0.3 is 6.01 Å². The van der Waals surface area contributed by atoms with E-state index in [1.807, 2.05) is 13.0 Å². The highest BCUT2D eigenvalue weighted by atomic mass is 16.4. The second kappa shape index (κ2) is 5.99. The highest BCUT2D eigenvalue weighted by molar-refractivity contribution is 6.04. The van der Waals surface area contributed by atoms with Crippen LogP contribution in [0.2, 0.25) is 0 Å². The summed E-state index contributed by atoms with van der Waals surface area (Å²) in [6.45, 7) is 3.75. The fourth-order valence-electron chi connectivity index (χ4n) is 1.67. The Balaban J connectivity index is 2.26. The lowest BCUT2D eigenvalue weighted by Gasteiger charge is -2.06. The monoisotopic (exact) mass is 270 g/mol. The van der Waals surface area contributed by atoms with Crippen molar-refractivity contribution in [1.29, 1.82) is 0 Å². The maximum absolute atomic E-state index is 12.2. The van der Waals surface area contributed by atoms with E-state index in [4.69, 9.17) is 10.2 Å². The van der Waals surface area contributed by atoms with Gasteiger partial charge in [-0.1, -0.05) is 23.0 Å². The molecule has 20 heavy (non-hydrogen) atoms. The summed E-state index contributed by atoms with van der Waals surface area (Å²) in [7, 11) is 0. The number of hydrogen-bond acceptors (Lipinski definition) is 5. The maximum Gasteiger partial charge on any atom is 0.322 e. The predicted molar refractivity (Wildman–Crippen MR) is 74.1 cm³/mol. The highest BCUT2D eigenvalue weighted by Gasteiger charge is 2.13. The first-order valence-corrected chi connectivity index (χ1v) is 6.02. The van der Waals surface area contributed by atoms with Gasteiger partial charge in [-0.05, 0) is 24.6 Å². The molecule has 0 fully saturated rings. The molecule has 2 rings (SSSR count). The Hall–Kier alpha value is -2.65. The van der Waals surface area contributed by atoms with E-state index in [2.05, 4.69) is 27.4 Å². The molecule has 0 spiro atoms. The quantitative estimate of drug-likeness (QED) is 0.801. The van der Waals surface area contributed by atoms with Crippen LogP contribution in [0.3, 0.4) is 0 Å². The molecule has 102 valence electrons. The summed E-state index contributed by atoms with van der Waals surface area (Å²) < 4.78 is 5.11. The zero-order chi connectivity index (χ0) is 14.5. The minimum atomic E-state index is -0.317. The summed E-state index contributed by atoms with van der Waals surface area (Å²) in [6.07, 6.45) is 0. The molecule has 1 aromatic heterocycles. The number of carbonyl (C=O) groups excluding carboxylic acids is 1. The molecule has 1 amide bonds. The first kappa shape index (κ1) is 13.8. The number of aromatic nitrogens is 2. The lowest BCUT2D eigenvalue weighted by molar-refractivity contribution is 0.102. The number of nitrogens with zero attached hydrogens (tertiary/aromatic N) is 2. The second-order valence-electron chi connectivity index (χ2n) is 4.06. The number of hydrogen-bond donors (Lipinski definition) is 2. The maximum atomic E-state index is 12.2. The van der Waals surface area contributed by atoms with E-state index in [1.54, 1.807) is 19.1 Å². The average Bonchev–Trinajstić information content (AvgIpc) is 2.83. The van der Waals surface area contributed by atoms with Crippen LogP contribution in [0.25, 0.3) is 0 Å². The molecule has 1 aromatic carbocycles. The van der Waals surface area contributed by atoms with E-state index in [0.29, 0.717) is 11.5 Å². The Kier molecular flexibility index (Phi) is 4.13. The van der Waals surface area contributed by atoms with Gasteiger partial charge < -0.3 is 10.2 Å². The van der Waals surface area contributed by atoms with E-state index in [9.17, 15) is 4.79 Å². The Morgan fingerprint density at radius 2 is 2.20 bits per heavy atom. The zero-order valence-electron chi connectivity index (χ0n) is 11.2. The van der Waals surface area contributed by atoms with Crippen LogP contribution in [0, 0.1) is 25.7 Å². The molecule has 6 heteroatoms. The van der Waals surface area contributed by atoms with Crippen LogP contribution in [0.1, 0.15) is 27.4 Å². The summed E-state index contributed by atoms with van der Waals surface area (Å²) in [5, 5.41) is 9.92. The van der Waals surface area contributed by atoms with Crippen molar-refractivity contribution in [1.82, 2.24) is 10.2 Å². The van der Waals surface area contributed by atoms with Gasteiger partial charge in [0, 0.05) is 18.1 Å². The van der Waals surface area contributed by atoms with Crippen molar-refractivity contribution in [2.24, 2.45) is 5.73 Å². The van der Waals surface area contributed by atoms with Crippen molar-refractivity contribution >= 4 is 11.9 Å². The van der Waals surface area contributed by atoms with Crippen LogP contribution in [-0.2, 0) is 0 Å². The van der Waals surface area contributed by atoms with Crippen molar-refractivity contribution in [3.8, 4) is 11.8 Å². The van der Waals surface area contributed by atoms with E-state index in [1.165, 1.54) is 0 Å². The number of amides is 1. The van der Waals surface area contributed by atoms with Gasteiger partial charge in [0.15, 0.2) is 0 Å². The molecule has 0 unspecified atom stereocenters. The van der Waals surface area contributed by atoms with Crippen LogP contribution in [-0.4, -0.2) is 22.6 Å². The number of benzene rings is 1. The summed E-state index contributed by atoms with van der Waals surface area (Å²) >= 11 is 0. The van der Waals surface area contributed by atoms with Crippen molar-refractivity contribution in [3.05, 3.63) is 40.8 Å². The van der Waals surface area contributed by atoms with Gasteiger partial charge in [-0.3, -0.25) is 10.1 Å². The summed E-state index contributed by atoms with van der Waals surface area (Å²) in [4.78, 5) is 12.2. The molecule has 0 aliphatic heterocycles. The van der Waals surface area contributed by atoms with E-state index < -0.39 is 0 Å². The lowest BCUT2D eigenvalue weighted by Crippen LogP contribution is -2.14. The van der Waals surface area contributed by atoms with Gasteiger partial charge in [-0.2, -0.15) is 0 Å². The van der Waals surface area contributed by atoms with E-state index in [-0.39, 0.29) is 18.5 Å². The molecule has 0 aliphatic rings. The lowest BCUT2D eigenvalue weighted by atomic mass is 10.0. The summed E-state index contributed by atoms with van der Waals surface area (Å²) in [6, 6.07) is 5.39. The molecule has 0 radical (unpaired) electrons. The standard InChI is InChI=1S/C14H14N4O2/c1-9-11(6-4-8-15)5-3-7-12(9)13(19)16-14-18-17-10(2)20-14/h3,5,7H,8,15H2,1-2H3,(H,16,18,19). The Morgan fingerprint density at radius 3 is 2.85 bits per heavy atom. The van der Waals surface area contributed by atoms with E-state index in [0.717, 1.165) is 11.1 Å². The summed E-state index contributed by atoms with van der Waals surface area (Å²) in [5.74, 6) is 5.77. The molecule has 0 atom stereocenters. The van der Waals surface area contributed by atoms with Crippen LogP contribution >= 0.6 is 0 Å². The molecule has 0 aliphatic carbocycles. The number of anilines is 1. The third-order valence-electron chi connectivity index (χ3n) is 2.65. The van der Waals surface area contributed by atoms with Crippen LogP contribution in [0.15, 0.2) is 22.6 Å². The molecule has 2 aromatic rings. The number of nitrogens with one attached hydrogen (secondary N) is 1. The zero-order valence-corrected chi connectivity index (χ0v) is 11.2. The normalized spacial score (nSPS) is 9.75. The average molecular weight is 270 g/mol. The van der Waals surface area contributed by atoms with Gasteiger partial charge in [0.25, 0.3) is 5.91 Å². The molecule has 0 saturated carbocycles. The first-order chi connectivity index (χ1) is 9.61. The number of aryl methyl sites for hydroxylation is 1. The molecular formula is C14H14N4O2. The van der Waals surface area contributed by atoms with Crippen LogP contribution in [0.5, 0.6) is 0 Å². The van der Waals surface area contributed by atoms with Gasteiger partial charge in [0.05, 0.1) is 6.54 Å². The van der Waals surface area contributed by atoms with Gasteiger partial charge in [0.2, 0.25) is 5.89 Å². The van der Waals surface area contributed by atoms with Crippen molar-refractivity contribution in [2.45, 2.75) is 13.8 Å². The van der Waals surface area contributed by atoms with Crippen LogP contribution in [0.4, 0.5) is 6.01 Å². The number of rotatable bonds is 2. The Bertz CT molecular complexity index is 695. The number of carbonyl (C=O) groups is 1. The predicted octanol–water partition coefficient (Wildman–Crippen LogP) is 1.25. The largest absolute Gasteiger partial charge is 0.408 e. The molecule has 0 bridgehead atoms. The summed E-state index contributed by atoms with van der Waals surface area (Å²) in [5.41, 5.74) is 7.40. The fraction of sp³-hybridized carbons (Fsp3) is 0.214. The first-order valence-electron chi connectivity index (χ1n) is 6.02. The third kappa shape index (κ3) is 3.02. The molecule has 0 saturated heterocycles. The SMILES string of the molecule is Cc1nnc(NC(=O)c2cccc(C#CCN)c2C)o1. The Morgan fingerprint density at radius 1 is 1.40 bits per heavy atom. The van der Waals surface area contributed by atoms with E-state index >= 15 is 0 Å².